The highest BCUT2D eigenvalue weighted by molar-refractivity contribution is 5.86. The van der Waals surface area contributed by atoms with E-state index >= 15 is 0 Å². The molecule has 5 heterocycles. The van der Waals surface area contributed by atoms with Crippen molar-refractivity contribution in [2.24, 2.45) is 13.0 Å². The van der Waals surface area contributed by atoms with Crippen LogP contribution in [0.3, 0.4) is 0 Å². The minimum Gasteiger partial charge on any atom is -0.346 e. The number of benzene rings is 1. The van der Waals surface area contributed by atoms with Crippen molar-refractivity contribution in [3.05, 3.63) is 59.3 Å². The Kier molecular flexibility index (Phi) is 2.39. The Labute approximate surface area is 131 Å². The molecule has 4 aliphatic heterocycles. The van der Waals surface area contributed by atoms with Gasteiger partial charge in [-0.05, 0) is 31.4 Å². The summed E-state index contributed by atoms with van der Waals surface area (Å²) in [5.74, 6) is 0.608. The molecule has 3 fully saturated rings. The zero-order chi connectivity index (χ0) is 15.0. The van der Waals surface area contributed by atoms with E-state index in [-0.39, 0.29) is 0 Å². The maximum absolute atomic E-state index is 4.49. The first kappa shape index (κ1) is 12.7. The van der Waals surface area contributed by atoms with Gasteiger partial charge in [0.25, 0.3) is 0 Å². The molecule has 4 bridgehead atoms. The van der Waals surface area contributed by atoms with Crippen molar-refractivity contribution in [2.75, 3.05) is 6.54 Å². The van der Waals surface area contributed by atoms with Gasteiger partial charge in [-0.1, -0.05) is 42.0 Å². The lowest BCUT2D eigenvalue weighted by Gasteiger charge is -2.56. The number of rotatable bonds is 0. The van der Waals surface area contributed by atoms with E-state index in [1.807, 2.05) is 0 Å². The van der Waals surface area contributed by atoms with Crippen LogP contribution in [0.1, 0.15) is 30.6 Å². The first-order chi connectivity index (χ1) is 10.7. The summed E-state index contributed by atoms with van der Waals surface area (Å²) in [6.45, 7) is 7.80. The summed E-state index contributed by atoms with van der Waals surface area (Å²) < 4.78 is 2.45. The van der Waals surface area contributed by atoms with Crippen LogP contribution >= 0.6 is 0 Å². The summed E-state index contributed by atoms with van der Waals surface area (Å²) in [6.07, 6.45) is 4.67. The largest absolute Gasteiger partial charge is 0.346 e. The summed E-state index contributed by atoms with van der Waals surface area (Å²) in [5, 5.41) is 1.45. The zero-order valence-electron chi connectivity index (χ0n) is 13.3. The van der Waals surface area contributed by atoms with Crippen LogP contribution < -0.4 is 0 Å². The zero-order valence-corrected chi connectivity index (χ0v) is 13.3. The number of aromatic nitrogens is 1. The molecule has 4 atom stereocenters. The van der Waals surface area contributed by atoms with E-state index < -0.39 is 0 Å². The topological polar surface area (TPSA) is 8.17 Å². The summed E-state index contributed by atoms with van der Waals surface area (Å²) >= 11 is 0. The molecule has 112 valence electrons. The predicted molar refractivity (Wildman–Crippen MR) is 90.9 cm³/mol. The molecule has 4 aliphatic rings. The molecule has 0 amide bonds. The van der Waals surface area contributed by atoms with Gasteiger partial charge in [0, 0.05) is 42.1 Å². The normalized spacial score (nSPS) is 34.5. The second-order valence-corrected chi connectivity index (χ2v) is 7.07. The van der Waals surface area contributed by atoms with Gasteiger partial charge in [0.2, 0.25) is 0 Å². The van der Waals surface area contributed by atoms with Crippen LogP contribution in [-0.2, 0) is 13.5 Å². The highest BCUT2D eigenvalue weighted by Gasteiger charge is 2.49. The number of para-hydroxylation sites is 1. The molecule has 22 heavy (non-hydrogen) atoms. The molecule has 2 heteroatoms. The van der Waals surface area contributed by atoms with E-state index in [2.05, 4.69) is 60.4 Å². The SMILES string of the molecule is C=C1[C@H]2C[C@H]3c4c(c5ccccc5n4C)C[C@@H]1N3C/C2=C/C. The van der Waals surface area contributed by atoms with E-state index in [4.69, 9.17) is 0 Å². The van der Waals surface area contributed by atoms with Crippen LogP contribution in [0.15, 0.2) is 48.1 Å². The van der Waals surface area contributed by atoms with Gasteiger partial charge in [0.15, 0.2) is 0 Å². The van der Waals surface area contributed by atoms with Crippen molar-refractivity contribution in [3.8, 4) is 0 Å². The van der Waals surface area contributed by atoms with Crippen molar-refractivity contribution in [1.82, 2.24) is 9.47 Å². The van der Waals surface area contributed by atoms with E-state index in [9.17, 15) is 0 Å². The molecule has 1 aromatic heterocycles. The third-order valence-electron chi connectivity index (χ3n) is 6.29. The number of hydrogen-bond donors (Lipinski definition) is 0. The van der Waals surface area contributed by atoms with E-state index in [1.165, 1.54) is 22.9 Å². The van der Waals surface area contributed by atoms with Crippen molar-refractivity contribution in [1.29, 1.82) is 0 Å². The quantitative estimate of drug-likeness (QED) is 0.666. The standard InChI is InChI=1S/C20H22N2/c1-4-13-11-22-18-10-16-14-7-5-6-8-17(14)21(3)20(16)19(22)9-15(13)12(18)2/h4-8,15,18-19H,2,9-11H2,1,3H3/b13-4-/t15-,18+,19+/m1/s1. The molecule has 2 nitrogen and oxygen atoms in total. The fraction of sp³-hybridized carbons (Fsp3) is 0.400. The number of nitrogens with zero attached hydrogens (tertiary/aromatic N) is 2. The summed E-state index contributed by atoms with van der Waals surface area (Å²) in [7, 11) is 2.25. The van der Waals surface area contributed by atoms with Crippen LogP contribution in [0.25, 0.3) is 10.9 Å². The molecule has 0 radical (unpaired) electrons. The number of piperidine rings is 3. The highest BCUT2D eigenvalue weighted by atomic mass is 15.2. The maximum atomic E-state index is 4.49. The van der Waals surface area contributed by atoms with E-state index in [0.29, 0.717) is 18.0 Å². The van der Waals surface area contributed by atoms with Crippen LogP contribution in [0, 0.1) is 5.92 Å². The molecule has 0 saturated carbocycles. The van der Waals surface area contributed by atoms with Crippen molar-refractivity contribution in [2.45, 2.75) is 31.8 Å². The molecule has 1 aromatic carbocycles. The number of fused-ring (bicyclic) bond motifs is 4. The van der Waals surface area contributed by atoms with Gasteiger partial charge in [0.05, 0.1) is 6.04 Å². The minimum absolute atomic E-state index is 0.547. The molecule has 3 saturated heterocycles. The molecule has 2 aromatic rings. The van der Waals surface area contributed by atoms with Gasteiger partial charge in [-0.25, -0.2) is 0 Å². The van der Waals surface area contributed by atoms with Crippen LogP contribution in [-0.4, -0.2) is 22.1 Å². The fourth-order valence-corrected chi connectivity index (χ4v) is 5.24. The summed E-state index contributed by atoms with van der Waals surface area (Å²) in [6, 6.07) is 10.0. The average Bonchev–Trinajstić information content (AvgIpc) is 2.84. The Morgan fingerprint density at radius 2 is 2.05 bits per heavy atom. The Morgan fingerprint density at radius 1 is 1.23 bits per heavy atom. The van der Waals surface area contributed by atoms with Gasteiger partial charge >= 0.3 is 0 Å². The second-order valence-electron chi connectivity index (χ2n) is 7.07. The van der Waals surface area contributed by atoms with Crippen LogP contribution in [0.2, 0.25) is 0 Å². The van der Waals surface area contributed by atoms with Crippen LogP contribution in [0.4, 0.5) is 0 Å². The number of aryl methyl sites for hydroxylation is 1. The molecule has 6 rings (SSSR count). The lowest BCUT2D eigenvalue weighted by molar-refractivity contribution is 0.0607. The Balaban J connectivity index is 1.76. The van der Waals surface area contributed by atoms with E-state index in [0.717, 1.165) is 13.0 Å². The number of allylic oxidation sites excluding steroid dienone is 1. The van der Waals surface area contributed by atoms with Crippen molar-refractivity contribution < 1.29 is 0 Å². The van der Waals surface area contributed by atoms with Crippen molar-refractivity contribution in [3.63, 3.8) is 0 Å². The lowest BCUT2D eigenvalue weighted by Crippen LogP contribution is -2.56. The highest BCUT2D eigenvalue weighted by Crippen LogP contribution is 2.53. The van der Waals surface area contributed by atoms with Crippen LogP contribution in [0.5, 0.6) is 0 Å². The van der Waals surface area contributed by atoms with Gasteiger partial charge in [-0.2, -0.15) is 0 Å². The molecule has 1 unspecified atom stereocenters. The first-order valence-electron chi connectivity index (χ1n) is 8.36. The number of hydrogen-bond acceptors (Lipinski definition) is 1. The predicted octanol–water partition coefficient (Wildman–Crippen LogP) is 3.98. The van der Waals surface area contributed by atoms with Gasteiger partial charge in [0.1, 0.15) is 0 Å². The fourth-order valence-electron chi connectivity index (χ4n) is 5.24. The Morgan fingerprint density at radius 3 is 2.86 bits per heavy atom. The minimum atomic E-state index is 0.547. The molecular weight excluding hydrogens is 268 g/mol. The Bertz CT molecular complexity index is 839. The van der Waals surface area contributed by atoms with Gasteiger partial charge in [-0.15, -0.1) is 0 Å². The molecule has 0 spiro atoms. The molecule has 0 aliphatic carbocycles. The lowest BCUT2D eigenvalue weighted by atomic mass is 9.67. The maximum Gasteiger partial charge on any atom is 0.0521 e. The third-order valence-corrected chi connectivity index (χ3v) is 6.29. The molecule has 0 N–H and O–H groups in total. The Hall–Kier alpha value is -1.80. The first-order valence-corrected chi connectivity index (χ1v) is 8.36. The smallest absolute Gasteiger partial charge is 0.0521 e. The van der Waals surface area contributed by atoms with Crippen molar-refractivity contribution >= 4 is 10.9 Å². The molecular formula is C20H22N2. The summed E-state index contributed by atoms with van der Waals surface area (Å²) in [5.41, 5.74) is 7.56. The van der Waals surface area contributed by atoms with Gasteiger partial charge in [-0.3, -0.25) is 4.90 Å². The third kappa shape index (κ3) is 1.35. The monoisotopic (exact) mass is 290 g/mol. The average molecular weight is 290 g/mol. The summed E-state index contributed by atoms with van der Waals surface area (Å²) in [4.78, 5) is 2.71. The van der Waals surface area contributed by atoms with Gasteiger partial charge < -0.3 is 4.57 Å². The second kappa shape index (κ2) is 4.14. The van der Waals surface area contributed by atoms with E-state index in [1.54, 1.807) is 16.8 Å².